The van der Waals surface area contributed by atoms with E-state index in [1.165, 1.54) is 27.7 Å². The molecule has 170 valence electrons. The second-order valence-corrected chi connectivity index (χ2v) is 16.0. The van der Waals surface area contributed by atoms with Gasteiger partial charge in [-0.15, -0.1) is 0 Å². The lowest BCUT2D eigenvalue weighted by atomic mass is 10.2. The van der Waals surface area contributed by atoms with Crippen molar-refractivity contribution >= 4 is 40.4 Å². The normalized spacial score (nSPS) is 15.0. The average Bonchev–Trinajstić information content (AvgIpc) is 2.72. The van der Waals surface area contributed by atoms with Gasteiger partial charge in [0.2, 0.25) is 5.55 Å². The fourth-order valence-electron chi connectivity index (χ4n) is 2.34. The lowest BCUT2D eigenvalue weighted by Crippen LogP contribution is -2.37. The molecule has 0 bridgehead atoms. The lowest BCUT2D eigenvalue weighted by molar-refractivity contribution is -0.143. The molecular weight excluding hydrogens is 441 g/mol. The molecule has 1 aromatic carbocycles. The Morgan fingerprint density at radius 3 is 2.07 bits per heavy atom. The van der Waals surface area contributed by atoms with Crippen molar-refractivity contribution in [2.24, 2.45) is 0 Å². The number of amides is 1. The van der Waals surface area contributed by atoms with Crippen LogP contribution in [0.3, 0.4) is 0 Å². The monoisotopic (exact) mass is 475 g/mol. The lowest BCUT2D eigenvalue weighted by Gasteiger charge is -2.28. The van der Waals surface area contributed by atoms with Gasteiger partial charge in [-0.3, -0.25) is 14.3 Å². The molecule has 9 heteroatoms. The van der Waals surface area contributed by atoms with Crippen LogP contribution in [-0.2, 0) is 25.4 Å². The molecule has 0 aromatic heterocycles. The smallest absolute Gasteiger partial charge is 0.411 e. The van der Waals surface area contributed by atoms with Gasteiger partial charge in [0.25, 0.3) is 0 Å². The number of esters is 1. The summed E-state index contributed by atoms with van der Waals surface area (Å²) in [4.78, 5) is 26.1. The van der Waals surface area contributed by atoms with Gasteiger partial charge in [-0.25, -0.2) is 4.79 Å². The molecule has 30 heavy (non-hydrogen) atoms. The molecule has 1 aromatic rings. The number of ether oxygens (including phenoxy) is 2. The molecule has 0 spiro atoms. The Labute approximate surface area is 188 Å². The maximum atomic E-state index is 13.8. The molecule has 2 unspecified atom stereocenters. The third-order valence-electron chi connectivity index (χ3n) is 4.26. The van der Waals surface area contributed by atoms with Gasteiger partial charge in [-0.1, -0.05) is 80.8 Å². The van der Waals surface area contributed by atoms with Crippen LogP contribution in [0.15, 0.2) is 30.3 Å². The predicted octanol–water partition coefficient (Wildman–Crippen LogP) is 6.40. The maximum absolute atomic E-state index is 13.8. The first kappa shape index (κ1) is 26.9. The molecule has 1 amide bonds. The molecule has 0 fully saturated rings. The molecule has 6 nitrogen and oxygen atoms in total. The Morgan fingerprint density at radius 2 is 1.57 bits per heavy atom. The number of benzene rings is 1. The van der Waals surface area contributed by atoms with Crippen LogP contribution in [0.2, 0.25) is 0 Å². The topological polar surface area (TPSA) is 72.9 Å². The quantitative estimate of drug-likeness (QED) is 0.241. The van der Waals surface area contributed by atoms with Gasteiger partial charge in [0, 0.05) is 10.5 Å². The summed E-state index contributed by atoms with van der Waals surface area (Å²) < 4.78 is 24.2. The number of nitrogens with zero attached hydrogens (tertiary/aromatic N) is 1. The van der Waals surface area contributed by atoms with E-state index in [0.717, 1.165) is 18.4 Å². The third-order valence-corrected chi connectivity index (χ3v) is 13.3. The molecule has 0 heterocycles. The first-order chi connectivity index (χ1) is 14.2. The molecule has 0 aliphatic heterocycles. The Bertz CT molecular complexity index is 688. The van der Waals surface area contributed by atoms with Crippen LogP contribution in [0.1, 0.15) is 53.0 Å². The van der Waals surface area contributed by atoms with E-state index in [1.54, 1.807) is 6.92 Å². The van der Waals surface area contributed by atoms with Crippen molar-refractivity contribution in [1.82, 2.24) is 4.90 Å². The molecule has 0 aliphatic carbocycles. The van der Waals surface area contributed by atoms with Crippen LogP contribution < -0.4 is 0 Å². The summed E-state index contributed by atoms with van der Waals surface area (Å²) in [7, 11) is 0. The molecule has 0 saturated carbocycles. The van der Waals surface area contributed by atoms with Gasteiger partial charge in [-0.05, 0) is 25.3 Å². The van der Waals surface area contributed by atoms with Gasteiger partial charge in [-0.2, -0.15) is 0 Å². The van der Waals surface area contributed by atoms with Crippen LogP contribution in [0.5, 0.6) is 0 Å². The van der Waals surface area contributed by atoms with Crippen LogP contribution >= 0.6 is 28.3 Å². The molecule has 0 aliphatic rings. The van der Waals surface area contributed by atoms with E-state index in [4.69, 9.17) is 9.47 Å². The molecule has 2 atom stereocenters. The first-order valence-electron chi connectivity index (χ1n) is 10.3. The van der Waals surface area contributed by atoms with E-state index in [-0.39, 0.29) is 36.5 Å². The number of carbonyl (C=O) groups is 2. The summed E-state index contributed by atoms with van der Waals surface area (Å²) in [5, 5.41) is 0.356. The number of hydrogen-bond donors (Lipinski definition) is 0. The number of hydrogen-bond acceptors (Lipinski definition) is 7. The van der Waals surface area contributed by atoms with E-state index in [9.17, 15) is 14.2 Å². The van der Waals surface area contributed by atoms with Crippen molar-refractivity contribution < 1.29 is 23.6 Å². The summed E-state index contributed by atoms with van der Waals surface area (Å²) in [6, 6.07) is 9.31. The number of rotatable bonds is 13. The van der Waals surface area contributed by atoms with Gasteiger partial charge >= 0.3 is 12.1 Å². The Hall–Kier alpha value is -1.11. The fraction of sp³-hybridized carbons (Fsp3) is 0.619. The minimum absolute atomic E-state index is 0.0382. The molecule has 0 saturated heterocycles. The van der Waals surface area contributed by atoms with E-state index in [2.05, 4.69) is 0 Å². The van der Waals surface area contributed by atoms with E-state index < -0.39 is 17.6 Å². The number of carbonyl (C=O) groups excluding carboxylic acids is 2. The predicted molar refractivity (Wildman–Crippen MR) is 127 cm³/mol. The van der Waals surface area contributed by atoms with Gasteiger partial charge < -0.3 is 9.47 Å². The highest BCUT2D eigenvalue weighted by molar-refractivity contribution is 8.90. The standard InChI is InChI=1S/C21H34NO5PS2/c1-6-17(4)29-28(25,30-18(5)7-2)16-22(14-20(23)26-8-3)21(24)27-15-19-12-10-9-11-13-19/h9-13,17-18H,6-8,14-16H2,1-5H3. The zero-order valence-electron chi connectivity index (χ0n) is 18.5. The zero-order chi connectivity index (χ0) is 22.6. The highest BCUT2D eigenvalue weighted by Gasteiger charge is 2.34. The first-order valence-corrected chi connectivity index (χ1v) is 15.2. The fourth-order valence-corrected chi connectivity index (χ4v) is 13.2. The van der Waals surface area contributed by atoms with Crippen molar-refractivity contribution in [3.05, 3.63) is 35.9 Å². The zero-order valence-corrected chi connectivity index (χ0v) is 21.1. The molecular formula is C21H34NO5PS2. The molecule has 0 N–H and O–H groups in total. The van der Waals surface area contributed by atoms with Crippen LogP contribution in [-0.4, -0.2) is 46.9 Å². The Balaban J connectivity index is 2.99. The minimum Gasteiger partial charge on any atom is -0.465 e. The third kappa shape index (κ3) is 10.3. The van der Waals surface area contributed by atoms with Gasteiger partial charge in [0.05, 0.1) is 12.9 Å². The van der Waals surface area contributed by atoms with Crippen molar-refractivity contribution in [3.63, 3.8) is 0 Å². The molecule has 0 radical (unpaired) electrons. The van der Waals surface area contributed by atoms with Gasteiger partial charge in [0.1, 0.15) is 13.2 Å². The van der Waals surface area contributed by atoms with Gasteiger partial charge in [0.15, 0.2) is 0 Å². The van der Waals surface area contributed by atoms with Crippen LogP contribution in [0, 0.1) is 0 Å². The Morgan fingerprint density at radius 1 is 1.00 bits per heavy atom. The summed E-state index contributed by atoms with van der Waals surface area (Å²) in [5.74, 6) is -0.539. The highest BCUT2D eigenvalue weighted by atomic mass is 33.1. The summed E-state index contributed by atoms with van der Waals surface area (Å²) in [5.41, 5.74) is -2.05. The summed E-state index contributed by atoms with van der Waals surface area (Å²) in [6.07, 6.45) is 1.03. The maximum Gasteiger partial charge on any atom is 0.411 e. The van der Waals surface area contributed by atoms with Crippen LogP contribution in [0.4, 0.5) is 4.79 Å². The average molecular weight is 476 g/mol. The second kappa shape index (κ2) is 14.0. The van der Waals surface area contributed by atoms with E-state index in [1.807, 2.05) is 58.0 Å². The summed E-state index contributed by atoms with van der Waals surface area (Å²) >= 11 is 2.82. The SMILES string of the molecule is CCOC(=O)CN(CP(=O)(SC(C)CC)SC(C)CC)C(=O)OCc1ccccc1. The molecule has 1 rings (SSSR count). The largest absolute Gasteiger partial charge is 0.465 e. The Kier molecular flexibility index (Phi) is 12.6. The van der Waals surface area contributed by atoms with Crippen molar-refractivity contribution in [1.29, 1.82) is 0 Å². The minimum atomic E-state index is -2.89. The second-order valence-electron chi connectivity index (χ2n) is 6.94. The van der Waals surface area contributed by atoms with Crippen molar-refractivity contribution in [2.75, 3.05) is 19.4 Å². The van der Waals surface area contributed by atoms with E-state index in [0.29, 0.717) is 0 Å². The summed E-state index contributed by atoms with van der Waals surface area (Å²) in [6.45, 7) is 9.86. The van der Waals surface area contributed by atoms with Crippen molar-refractivity contribution in [3.8, 4) is 0 Å². The van der Waals surface area contributed by atoms with Crippen LogP contribution in [0.25, 0.3) is 0 Å². The van der Waals surface area contributed by atoms with E-state index >= 15 is 0 Å². The van der Waals surface area contributed by atoms with Crippen molar-refractivity contribution in [2.45, 2.75) is 64.6 Å². The highest BCUT2D eigenvalue weighted by Crippen LogP contribution is 2.72.